The van der Waals surface area contributed by atoms with Crippen molar-refractivity contribution in [3.8, 4) is 11.5 Å². The number of fused-ring (bicyclic) bond motifs is 2. The molecule has 0 aromatic heterocycles. The van der Waals surface area contributed by atoms with Gasteiger partial charge in [0.05, 0.1) is 0 Å². The Balaban J connectivity index is 1.78. The van der Waals surface area contributed by atoms with Crippen LogP contribution in [-0.4, -0.2) is 36.7 Å². The van der Waals surface area contributed by atoms with E-state index in [9.17, 15) is 0 Å². The highest BCUT2D eigenvalue weighted by molar-refractivity contribution is 5.41. The van der Waals surface area contributed by atoms with Gasteiger partial charge in [-0.15, -0.1) is 6.58 Å². The Kier molecular flexibility index (Phi) is 2.33. The molecule has 1 aromatic rings. The van der Waals surface area contributed by atoms with Gasteiger partial charge in [0.25, 0.3) is 0 Å². The number of hydrogen-bond donors (Lipinski definition) is 0. The van der Waals surface area contributed by atoms with Gasteiger partial charge in [0.15, 0.2) is 11.5 Å². The van der Waals surface area contributed by atoms with E-state index < -0.39 is 0 Å². The highest BCUT2D eigenvalue weighted by atomic mass is 16.6. The van der Waals surface area contributed by atoms with Gasteiger partial charge in [-0.2, -0.15) is 0 Å². The fourth-order valence-corrected chi connectivity index (χ4v) is 2.35. The zero-order valence-corrected chi connectivity index (χ0v) is 9.13. The maximum Gasteiger partial charge on any atom is 0.161 e. The lowest BCUT2D eigenvalue weighted by molar-refractivity contribution is 0.0552. The quantitative estimate of drug-likeness (QED) is 0.704. The minimum absolute atomic E-state index is 0.162. The van der Waals surface area contributed by atoms with Crippen LogP contribution >= 0.6 is 0 Å². The van der Waals surface area contributed by atoms with Gasteiger partial charge >= 0.3 is 0 Å². The molecule has 2 aliphatic rings. The molecule has 0 bridgehead atoms. The van der Waals surface area contributed by atoms with Crippen LogP contribution in [0.1, 0.15) is 0 Å². The van der Waals surface area contributed by atoms with Crippen molar-refractivity contribution in [2.24, 2.45) is 0 Å². The van der Waals surface area contributed by atoms with Crippen LogP contribution in [0.15, 0.2) is 36.9 Å². The van der Waals surface area contributed by atoms with Crippen molar-refractivity contribution in [1.29, 1.82) is 0 Å². The predicted molar refractivity (Wildman–Crippen MR) is 61.9 cm³/mol. The standard InChI is InChI=1S/C13H15NO2/c1-2-7-14-8-12-13(9-14)16-11-6-4-3-5-10(11)15-12/h2-6,12-13H,1,7-9H2/t12-,13-/m1/s1. The summed E-state index contributed by atoms with van der Waals surface area (Å²) in [5, 5.41) is 0. The Morgan fingerprint density at radius 1 is 1.19 bits per heavy atom. The van der Waals surface area contributed by atoms with E-state index in [1.165, 1.54) is 0 Å². The third kappa shape index (κ3) is 1.57. The van der Waals surface area contributed by atoms with Crippen molar-refractivity contribution in [3.63, 3.8) is 0 Å². The number of rotatable bonds is 2. The first-order valence-electron chi connectivity index (χ1n) is 5.62. The molecule has 3 heteroatoms. The second-order valence-corrected chi connectivity index (χ2v) is 4.27. The molecule has 0 spiro atoms. The van der Waals surface area contributed by atoms with Crippen molar-refractivity contribution in [3.05, 3.63) is 36.9 Å². The number of para-hydroxylation sites is 2. The molecular formula is C13H15NO2. The minimum atomic E-state index is 0.162. The summed E-state index contributed by atoms with van der Waals surface area (Å²) in [5.41, 5.74) is 0. The van der Waals surface area contributed by atoms with Gasteiger partial charge in [-0.3, -0.25) is 4.90 Å². The first-order valence-corrected chi connectivity index (χ1v) is 5.62. The summed E-state index contributed by atoms with van der Waals surface area (Å²) in [4.78, 5) is 2.30. The normalized spacial score (nSPS) is 27.5. The van der Waals surface area contributed by atoms with Gasteiger partial charge in [0, 0.05) is 19.6 Å². The van der Waals surface area contributed by atoms with Gasteiger partial charge < -0.3 is 9.47 Å². The lowest BCUT2D eigenvalue weighted by Gasteiger charge is -2.28. The molecule has 0 aliphatic carbocycles. The topological polar surface area (TPSA) is 21.7 Å². The van der Waals surface area contributed by atoms with Crippen LogP contribution < -0.4 is 9.47 Å². The zero-order valence-electron chi connectivity index (χ0n) is 9.13. The van der Waals surface area contributed by atoms with Crippen molar-refractivity contribution >= 4 is 0 Å². The first-order chi connectivity index (χ1) is 7.86. The van der Waals surface area contributed by atoms with Crippen molar-refractivity contribution in [1.82, 2.24) is 4.90 Å². The summed E-state index contributed by atoms with van der Waals surface area (Å²) >= 11 is 0. The third-order valence-electron chi connectivity index (χ3n) is 3.08. The molecule has 16 heavy (non-hydrogen) atoms. The molecule has 1 aromatic carbocycles. The van der Waals surface area contributed by atoms with Crippen molar-refractivity contribution in [2.45, 2.75) is 12.2 Å². The van der Waals surface area contributed by atoms with Gasteiger partial charge in [0.1, 0.15) is 12.2 Å². The van der Waals surface area contributed by atoms with Gasteiger partial charge in [-0.25, -0.2) is 0 Å². The second-order valence-electron chi connectivity index (χ2n) is 4.27. The van der Waals surface area contributed by atoms with Gasteiger partial charge in [0.2, 0.25) is 0 Å². The number of nitrogens with zero attached hydrogens (tertiary/aromatic N) is 1. The summed E-state index contributed by atoms with van der Waals surface area (Å²) in [6.07, 6.45) is 2.24. The summed E-state index contributed by atoms with van der Waals surface area (Å²) in [5.74, 6) is 1.73. The number of benzene rings is 1. The fourth-order valence-electron chi connectivity index (χ4n) is 2.35. The molecule has 3 rings (SSSR count). The van der Waals surface area contributed by atoms with Crippen LogP contribution in [0.2, 0.25) is 0 Å². The smallest absolute Gasteiger partial charge is 0.161 e. The molecule has 2 aliphatic heterocycles. The Hall–Kier alpha value is -1.48. The van der Waals surface area contributed by atoms with Crippen LogP contribution in [0.25, 0.3) is 0 Å². The minimum Gasteiger partial charge on any atom is -0.481 e. The summed E-state index contributed by atoms with van der Waals surface area (Å²) in [6, 6.07) is 7.86. The summed E-state index contributed by atoms with van der Waals surface area (Å²) in [6.45, 7) is 6.50. The van der Waals surface area contributed by atoms with E-state index in [4.69, 9.17) is 9.47 Å². The molecule has 0 unspecified atom stereocenters. The van der Waals surface area contributed by atoms with E-state index in [0.717, 1.165) is 31.1 Å². The van der Waals surface area contributed by atoms with Crippen molar-refractivity contribution < 1.29 is 9.47 Å². The summed E-state index contributed by atoms with van der Waals surface area (Å²) in [7, 11) is 0. The average Bonchev–Trinajstić information content (AvgIpc) is 2.67. The largest absolute Gasteiger partial charge is 0.481 e. The van der Waals surface area contributed by atoms with Crippen molar-refractivity contribution in [2.75, 3.05) is 19.6 Å². The van der Waals surface area contributed by atoms with Gasteiger partial charge in [-0.05, 0) is 12.1 Å². The van der Waals surface area contributed by atoms with E-state index in [2.05, 4.69) is 11.5 Å². The molecule has 2 atom stereocenters. The van der Waals surface area contributed by atoms with E-state index in [1.807, 2.05) is 30.3 Å². The van der Waals surface area contributed by atoms with E-state index in [0.29, 0.717) is 0 Å². The fraction of sp³-hybridized carbons (Fsp3) is 0.385. The van der Waals surface area contributed by atoms with Crippen LogP contribution in [0, 0.1) is 0 Å². The molecule has 0 amide bonds. The van der Waals surface area contributed by atoms with Crippen LogP contribution in [0.4, 0.5) is 0 Å². The molecule has 0 radical (unpaired) electrons. The molecule has 2 heterocycles. The Labute approximate surface area is 95.3 Å². The Morgan fingerprint density at radius 2 is 1.75 bits per heavy atom. The molecule has 0 N–H and O–H groups in total. The SMILES string of the molecule is C=CCN1C[C@H]2Oc3ccccc3O[C@@H]2C1. The Morgan fingerprint density at radius 3 is 2.25 bits per heavy atom. The molecular weight excluding hydrogens is 202 g/mol. The molecule has 84 valence electrons. The van der Waals surface area contributed by atoms with Gasteiger partial charge in [-0.1, -0.05) is 18.2 Å². The second kappa shape index (κ2) is 3.83. The third-order valence-corrected chi connectivity index (χ3v) is 3.08. The first kappa shape index (κ1) is 9.73. The molecule has 1 fully saturated rings. The molecule has 1 saturated heterocycles. The van der Waals surface area contributed by atoms with Crippen LogP contribution in [0.5, 0.6) is 11.5 Å². The number of hydrogen-bond acceptors (Lipinski definition) is 3. The Bertz CT molecular complexity index is 372. The number of likely N-dealkylation sites (tertiary alicyclic amines) is 1. The van der Waals surface area contributed by atoms with Crippen LogP contribution in [0.3, 0.4) is 0 Å². The van der Waals surface area contributed by atoms with Crippen LogP contribution in [-0.2, 0) is 0 Å². The van der Waals surface area contributed by atoms with E-state index in [1.54, 1.807) is 0 Å². The maximum atomic E-state index is 5.93. The molecule has 3 nitrogen and oxygen atoms in total. The zero-order chi connectivity index (χ0) is 11.0. The molecule has 0 saturated carbocycles. The highest BCUT2D eigenvalue weighted by Crippen LogP contribution is 2.35. The lowest BCUT2D eigenvalue weighted by Crippen LogP contribution is -2.38. The summed E-state index contributed by atoms with van der Waals surface area (Å²) < 4.78 is 11.9. The lowest BCUT2D eigenvalue weighted by atomic mass is 10.2. The maximum absolute atomic E-state index is 5.93. The number of ether oxygens (including phenoxy) is 2. The highest BCUT2D eigenvalue weighted by Gasteiger charge is 2.39. The monoisotopic (exact) mass is 217 g/mol. The predicted octanol–water partition coefficient (Wildman–Crippen LogP) is 1.70. The van der Waals surface area contributed by atoms with E-state index in [-0.39, 0.29) is 12.2 Å². The average molecular weight is 217 g/mol. The van der Waals surface area contributed by atoms with E-state index >= 15 is 0 Å².